The average molecular weight is 261 g/mol. The largest absolute Gasteiger partial charge is 0.399 e. The second-order valence-electron chi connectivity index (χ2n) is 4.27. The zero-order chi connectivity index (χ0) is 13.9. The normalized spacial score (nSPS) is 10.2. The van der Waals surface area contributed by atoms with Gasteiger partial charge in [0.15, 0.2) is 5.69 Å². The first-order chi connectivity index (χ1) is 9.79. The number of nitriles is 1. The number of H-pyrrole nitrogens is 1. The van der Waals surface area contributed by atoms with Gasteiger partial charge in [-0.2, -0.15) is 10.4 Å². The fourth-order valence-electron chi connectivity index (χ4n) is 2.05. The van der Waals surface area contributed by atoms with Crippen LogP contribution in [0.5, 0.6) is 0 Å². The van der Waals surface area contributed by atoms with Crippen molar-refractivity contribution < 1.29 is 0 Å². The van der Waals surface area contributed by atoms with Crippen LogP contribution in [0.3, 0.4) is 0 Å². The van der Waals surface area contributed by atoms with E-state index in [9.17, 15) is 5.26 Å². The number of nitrogen functional groups attached to an aromatic ring is 1. The molecule has 96 valence electrons. The maximum Gasteiger partial charge on any atom is 0.170 e. The first kappa shape index (κ1) is 11.9. The van der Waals surface area contributed by atoms with Gasteiger partial charge in [0.05, 0.1) is 11.4 Å². The zero-order valence-electron chi connectivity index (χ0n) is 10.5. The summed E-state index contributed by atoms with van der Waals surface area (Å²) in [6.07, 6.45) is 1.70. The topological polar surface area (TPSA) is 91.4 Å². The van der Waals surface area contributed by atoms with Crippen LogP contribution in [0.2, 0.25) is 0 Å². The van der Waals surface area contributed by atoms with Crippen LogP contribution in [0.1, 0.15) is 5.69 Å². The summed E-state index contributed by atoms with van der Waals surface area (Å²) >= 11 is 0. The molecule has 2 heterocycles. The molecule has 3 rings (SSSR count). The van der Waals surface area contributed by atoms with Crippen LogP contribution < -0.4 is 5.73 Å². The molecule has 0 unspecified atom stereocenters. The number of rotatable bonds is 2. The predicted molar refractivity (Wildman–Crippen MR) is 76.4 cm³/mol. The summed E-state index contributed by atoms with van der Waals surface area (Å²) < 4.78 is 0. The molecule has 0 saturated heterocycles. The van der Waals surface area contributed by atoms with Gasteiger partial charge in [-0.25, -0.2) is 0 Å². The molecule has 0 fully saturated rings. The Bertz CT molecular complexity index is 766. The molecule has 5 nitrogen and oxygen atoms in total. The van der Waals surface area contributed by atoms with E-state index in [1.807, 2.05) is 30.3 Å². The van der Waals surface area contributed by atoms with Crippen LogP contribution in [0, 0.1) is 11.3 Å². The molecule has 0 amide bonds. The lowest BCUT2D eigenvalue weighted by Crippen LogP contribution is -1.88. The maximum absolute atomic E-state index is 9.22. The third kappa shape index (κ3) is 1.99. The van der Waals surface area contributed by atoms with Gasteiger partial charge in [-0.1, -0.05) is 18.2 Å². The predicted octanol–water partition coefficient (Wildman–Crippen LogP) is 2.59. The number of nitrogens with zero attached hydrogens (tertiary/aromatic N) is 3. The molecule has 0 bridgehead atoms. The summed E-state index contributed by atoms with van der Waals surface area (Å²) in [4.78, 5) is 4.29. The van der Waals surface area contributed by atoms with E-state index in [0.717, 1.165) is 22.5 Å². The van der Waals surface area contributed by atoms with Crippen molar-refractivity contribution >= 4 is 5.69 Å². The van der Waals surface area contributed by atoms with Gasteiger partial charge in [0, 0.05) is 17.4 Å². The Morgan fingerprint density at radius 3 is 2.55 bits per heavy atom. The molecule has 0 aliphatic rings. The number of anilines is 1. The average Bonchev–Trinajstić information content (AvgIpc) is 2.93. The molecular weight excluding hydrogens is 250 g/mol. The van der Waals surface area contributed by atoms with E-state index in [2.05, 4.69) is 21.3 Å². The Hall–Kier alpha value is -3.13. The Morgan fingerprint density at radius 2 is 1.90 bits per heavy atom. The van der Waals surface area contributed by atoms with Crippen LogP contribution in [0.25, 0.3) is 22.5 Å². The smallest absolute Gasteiger partial charge is 0.170 e. The quantitative estimate of drug-likeness (QED) is 0.693. The van der Waals surface area contributed by atoms with Gasteiger partial charge >= 0.3 is 0 Å². The minimum Gasteiger partial charge on any atom is -0.399 e. The molecule has 2 aromatic heterocycles. The summed E-state index contributed by atoms with van der Waals surface area (Å²) in [6, 6.07) is 15.0. The first-order valence-corrected chi connectivity index (χ1v) is 6.05. The minimum atomic E-state index is 0.343. The van der Waals surface area contributed by atoms with Crippen LogP contribution in [-0.4, -0.2) is 15.2 Å². The molecular formula is C15H11N5. The third-order valence-corrected chi connectivity index (χ3v) is 2.99. The zero-order valence-corrected chi connectivity index (χ0v) is 10.5. The molecule has 0 saturated carbocycles. The van der Waals surface area contributed by atoms with Crippen LogP contribution >= 0.6 is 0 Å². The number of aromatic nitrogens is 3. The van der Waals surface area contributed by atoms with Crippen molar-refractivity contribution in [1.82, 2.24) is 15.2 Å². The van der Waals surface area contributed by atoms with Crippen molar-refractivity contribution in [2.45, 2.75) is 0 Å². The highest BCUT2D eigenvalue weighted by atomic mass is 15.1. The van der Waals surface area contributed by atoms with Crippen molar-refractivity contribution in [2.24, 2.45) is 0 Å². The second kappa shape index (κ2) is 4.86. The Kier molecular flexibility index (Phi) is 2.90. The molecule has 0 spiro atoms. The minimum absolute atomic E-state index is 0.343. The molecule has 3 aromatic rings. The van der Waals surface area contributed by atoms with Crippen LogP contribution in [-0.2, 0) is 0 Å². The van der Waals surface area contributed by atoms with Crippen molar-refractivity contribution in [1.29, 1.82) is 5.26 Å². The molecule has 3 N–H and O–H groups in total. The number of nitrogens with one attached hydrogen (secondary N) is 1. The van der Waals surface area contributed by atoms with Gasteiger partial charge in [-0.15, -0.1) is 0 Å². The van der Waals surface area contributed by atoms with Crippen molar-refractivity contribution in [3.8, 4) is 28.6 Å². The molecule has 1 aromatic carbocycles. The van der Waals surface area contributed by atoms with Crippen LogP contribution in [0.15, 0.2) is 48.7 Å². The third-order valence-electron chi connectivity index (χ3n) is 2.99. The van der Waals surface area contributed by atoms with E-state index < -0.39 is 0 Å². The van der Waals surface area contributed by atoms with E-state index in [1.54, 1.807) is 18.3 Å². The van der Waals surface area contributed by atoms with Crippen molar-refractivity contribution in [2.75, 3.05) is 5.73 Å². The molecule has 0 radical (unpaired) electrons. The standard InChI is InChI=1S/C15H11N5/c16-9-13-14(10-4-6-11(17)7-5-10)15(20-19-13)12-3-1-2-8-18-12/h1-8H,17H2,(H,19,20). The molecule has 5 heteroatoms. The summed E-state index contributed by atoms with van der Waals surface area (Å²) in [5.41, 5.74) is 9.81. The Balaban J connectivity index is 2.21. The number of hydrogen-bond donors (Lipinski definition) is 2. The SMILES string of the molecule is N#Cc1n[nH]c(-c2ccccn2)c1-c1ccc(N)cc1. The van der Waals surface area contributed by atoms with Crippen molar-refractivity contribution in [3.63, 3.8) is 0 Å². The molecule has 0 atom stereocenters. The lowest BCUT2D eigenvalue weighted by Gasteiger charge is -2.04. The van der Waals surface area contributed by atoms with Gasteiger partial charge in [-0.05, 0) is 29.8 Å². The van der Waals surface area contributed by atoms with Gasteiger partial charge < -0.3 is 5.73 Å². The van der Waals surface area contributed by atoms with Gasteiger partial charge in [0.1, 0.15) is 6.07 Å². The summed E-state index contributed by atoms with van der Waals surface area (Å²) in [5.74, 6) is 0. The molecule has 0 aliphatic heterocycles. The van der Waals surface area contributed by atoms with Crippen LogP contribution in [0.4, 0.5) is 5.69 Å². The van der Waals surface area contributed by atoms with E-state index in [4.69, 9.17) is 5.73 Å². The van der Waals surface area contributed by atoms with Gasteiger partial charge in [0.25, 0.3) is 0 Å². The Morgan fingerprint density at radius 1 is 1.10 bits per heavy atom. The van der Waals surface area contributed by atoms with Gasteiger partial charge in [0.2, 0.25) is 0 Å². The number of benzene rings is 1. The Labute approximate surface area is 115 Å². The van der Waals surface area contributed by atoms with E-state index in [-0.39, 0.29) is 0 Å². The van der Waals surface area contributed by atoms with E-state index in [1.165, 1.54) is 0 Å². The summed E-state index contributed by atoms with van der Waals surface area (Å²) in [5, 5.41) is 16.2. The fraction of sp³-hybridized carbons (Fsp3) is 0. The molecule has 0 aliphatic carbocycles. The van der Waals surface area contributed by atoms with Gasteiger partial charge in [-0.3, -0.25) is 10.1 Å². The summed E-state index contributed by atoms with van der Waals surface area (Å²) in [6.45, 7) is 0. The number of hydrogen-bond acceptors (Lipinski definition) is 4. The van der Waals surface area contributed by atoms with E-state index >= 15 is 0 Å². The first-order valence-electron chi connectivity index (χ1n) is 6.05. The highest BCUT2D eigenvalue weighted by molar-refractivity contribution is 5.83. The highest BCUT2D eigenvalue weighted by Crippen LogP contribution is 2.32. The number of pyridine rings is 1. The monoisotopic (exact) mass is 261 g/mol. The summed E-state index contributed by atoms with van der Waals surface area (Å²) in [7, 11) is 0. The van der Waals surface area contributed by atoms with E-state index in [0.29, 0.717) is 11.4 Å². The number of nitrogens with two attached hydrogens (primary N) is 1. The molecule has 20 heavy (non-hydrogen) atoms. The van der Waals surface area contributed by atoms with Crippen molar-refractivity contribution in [3.05, 3.63) is 54.4 Å². The highest BCUT2D eigenvalue weighted by Gasteiger charge is 2.16. The maximum atomic E-state index is 9.22. The lowest BCUT2D eigenvalue weighted by molar-refractivity contribution is 1.07. The second-order valence-corrected chi connectivity index (χ2v) is 4.27. The number of aromatic amines is 1. The lowest BCUT2D eigenvalue weighted by atomic mass is 10.0. The fourth-order valence-corrected chi connectivity index (χ4v) is 2.05.